The van der Waals surface area contributed by atoms with Crippen molar-refractivity contribution in [2.75, 3.05) is 6.61 Å². The van der Waals surface area contributed by atoms with Crippen LogP contribution in [0.2, 0.25) is 0 Å². The van der Waals surface area contributed by atoms with Gasteiger partial charge in [0.1, 0.15) is 12.4 Å². The average molecular weight is 370 g/mol. The van der Waals surface area contributed by atoms with Gasteiger partial charge in [-0.1, -0.05) is 61.5 Å². The first kappa shape index (κ1) is 21.6. The van der Waals surface area contributed by atoms with Gasteiger partial charge in [0.15, 0.2) is 0 Å². The number of rotatable bonds is 1. The molecule has 1 saturated heterocycles. The molecule has 2 N–H and O–H groups in total. The Morgan fingerprint density at radius 3 is 2.16 bits per heavy atom. The van der Waals surface area contributed by atoms with Gasteiger partial charge in [-0.05, 0) is 28.0 Å². The predicted octanol–water partition coefficient (Wildman–Crippen LogP) is 5.22. The number of carbonyl (C=O) groups excluding carboxylic acids is 1. The van der Waals surface area contributed by atoms with Crippen LogP contribution in [-0.2, 0) is 15.6 Å². The van der Waals surface area contributed by atoms with E-state index in [2.05, 4.69) is 52.9 Å². The number of aromatic hydroxyl groups is 1. The zero-order chi connectivity index (χ0) is 18.5. The maximum atomic E-state index is 11.8. The molecule has 0 aliphatic carbocycles. The zero-order valence-corrected chi connectivity index (χ0v) is 17.4. The molecule has 0 spiro atoms. The fourth-order valence-corrected chi connectivity index (χ4v) is 3.07. The minimum absolute atomic E-state index is 0. The van der Waals surface area contributed by atoms with E-state index in [4.69, 9.17) is 4.74 Å². The van der Waals surface area contributed by atoms with Crippen LogP contribution in [0.25, 0.3) is 0 Å². The molecule has 1 heterocycles. The molecule has 5 heteroatoms. The van der Waals surface area contributed by atoms with Crippen molar-refractivity contribution in [2.45, 2.75) is 72.3 Å². The second-order valence-electron chi connectivity index (χ2n) is 9.60. The normalized spacial score (nSPS) is 20.3. The Hall–Kier alpha value is -1.42. The molecular weight excluding hydrogens is 338 g/mol. The molecule has 1 aliphatic rings. The lowest BCUT2D eigenvalue weighted by Gasteiger charge is -2.40. The lowest BCUT2D eigenvalue weighted by molar-refractivity contribution is 0.0380. The van der Waals surface area contributed by atoms with Gasteiger partial charge in [0, 0.05) is 11.0 Å². The Morgan fingerprint density at radius 2 is 1.68 bits per heavy atom. The van der Waals surface area contributed by atoms with Gasteiger partial charge in [0.05, 0.1) is 6.04 Å². The van der Waals surface area contributed by atoms with E-state index in [9.17, 15) is 9.90 Å². The summed E-state index contributed by atoms with van der Waals surface area (Å²) in [6.07, 6.45) is -0.433. The number of amides is 1. The molecule has 0 saturated carbocycles. The van der Waals surface area contributed by atoms with E-state index < -0.39 is 6.09 Å². The van der Waals surface area contributed by atoms with Gasteiger partial charge in [-0.2, -0.15) is 0 Å². The summed E-state index contributed by atoms with van der Waals surface area (Å²) in [6, 6.07) is 3.83. The first-order valence-corrected chi connectivity index (χ1v) is 8.54. The molecule has 0 bridgehead atoms. The van der Waals surface area contributed by atoms with Crippen LogP contribution in [-0.4, -0.2) is 17.8 Å². The van der Waals surface area contributed by atoms with Crippen LogP contribution in [0.15, 0.2) is 12.1 Å². The van der Waals surface area contributed by atoms with Crippen molar-refractivity contribution >= 4 is 18.5 Å². The van der Waals surface area contributed by atoms with E-state index in [0.717, 1.165) is 16.7 Å². The first-order chi connectivity index (χ1) is 10.7. The van der Waals surface area contributed by atoms with Gasteiger partial charge >= 0.3 is 6.09 Å². The van der Waals surface area contributed by atoms with Gasteiger partial charge in [0.2, 0.25) is 0 Å². The quantitative estimate of drug-likeness (QED) is 0.713. The van der Waals surface area contributed by atoms with Crippen molar-refractivity contribution in [2.24, 2.45) is 5.41 Å². The summed E-state index contributed by atoms with van der Waals surface area (Å²) in [5, 5.41) is 13.9. The molecule has 0 aromatic heterocycles. The highest BCUT2D eigenvalue weighted by atomic mass is 35.5. The summed E-state index contributed by atoms with van der Waals surface area (Å²) >= 11 is 0. The summed E-state index contributed by atoms with van der Waals surface area (Å²) in [5.41, 5.74) is 2.27. The monoisotopic (exact) mass is 369 g/mol. The van der Waals surface area contributed by atoms with E-state index in [1.807, 2.05) is 19.9 Å². The maximum absolute atomic E-state index is 11.8. The zero-order valence-electron chi connectivity index (χ0n) is 16.6. The number of alkyl carbamates (subject to hydrolysis) is 1. The van der Waals surface area contributed by atoms with Gasteiger partial charge in [-0.15, -0.1) is 12.4 Å². The van der Waals surface area contributed by atoms with Gasteiger partial charge < -0.3 is 15.2 Å². The minimum atomic E-state index is -0.433. The van der Waals surface area contributed by atoms with E-state index in [1.54, 1.807) is 0 Å². The first-order valence-electron chi connectivity index (χ1n) is 8.54. The number of cyclic esters (lactones) is 1. The van der Waals surface area contributed by atoms with E-state index in [-0.39, 0.29) is 40.4 Å². The Kier molecular flexibility index (Phi) is 5.81. The van der Waals surface area contributed by atoms with Crippen molar-refractivity contribution in [3.63, 3.8) is 0 Å². The molecule has 25 heavy (non-hydrogen) atoms. The average Bonchev–Trinajstić information content (AvgIpc) is 2.39. The molecule has 1 aromatic carbocycles. The summed E-state index contributed by atoms with van der Waals surface area (Å²) in [4.78, 5) is 11.8. The number of phenols is 1. The van der Waals surface area contributed by atoms with Crippen molar-refractivity contribution in [3.8, 4) is 5.75 Å². The number of hydrogen-bond donors (Lipinski definition) is 2. The SMILES string of the molecule is CC(C)(C)c1cc([C@H]2NC(=O)OCC2(C)C)c(O)c(C(C)(C)C)c1.Cl. The highest BCUT2D eigenvalue weighted by Gasteiger charge is 2.40. The van der Waals surface area contributed by atoms with Crippen LogP contribution in [0.5, 0.6) is 5.75 Å². The van der Waals surface area contributed by atoms with Gasteiger partial charge in [-0.25, -0.2) is 4.79 Å². The highest BCUT2D eigenvalue weighted by molar-refractivity contribution is 5.85. The topological polar surface area (TPSA) is 58.6 Å². The standard InChI is InChI=1S/C20H31NO3.ClH/c1-18(2,3)12-9-13(15(22)14(10-12)19(4,5)6)16-20(7,8)11-24-17(23)21-16;/h9-10,16,22H,11H2,1-8H3,(H,21,23);1H/t16-;/m1./s1. The number of phenolic OH excluding ortho intramolecular Hbond substituents is 1. The van der Waals surface area contributed by atoms with Crippen molar-refractivity contribution in [3.05, 3.63) is 28.8 Å². The number of ether oxygens (including phenoxy) is 1. The van der Waals surface area contributed by atoms with E-state index in [0.29, 0.717) is 6.61 Å². The molecule has 0 radical (unpaired) electrons. The molecule has 142 valence electrons. The lowest BCUT2D eigenvalue weighted by Crippen LogP contribution is -2.47. The second-order valence-corrected chi connectivity index (χ2v) is 9.60. The van der Waals surface area contributed by atoms with Crippen LogP contribution >= 0.6 is 12.4 Å². The minimum Gasteiger partial charge on any atom is -0.507 e. The highest BCUT2D eigenvalue weighted by Crippen LogP contribution is 2.45. The smallest absolute Gasteiger partial charge is 0.407 e. The van der Waals surface area contributed by atoms with Crippen LogP contribution < -0.4 is 5.32 Å². The van der Waals surface area contributed by atoms with Crippen molar-refractivity contribution < 1.29 is 14.6 Å². The second kappa shape index (κ2) is 6.71. The molecule has 0 unspecified atom stereocenters. The van der Waals surface area contributed by atoms with Crippen LogP contribution in [0.3, 0.4) is 0 Å². The molecule has 1 amide bonds. The molecule has 1 atom stereocenters. The summed E-state index contributed by atoms with van der Waals surface area (Å²) < 4.78 is 5.15. The fraction of sp³-hybridized carbons (Fsp3) is 0.650. The van der Waals surface area contributed by atoms with Crippen LogP contribution in [0, 0.1) is 5.41 Å². The Morgan fingerprint density at radius 1 is 1.12 bits per heavy atom. The molecule has 2 rings (SSSR count). The largest absolute Gasteiger partial charge is 0.507 e. The maximum Gasteiger partial charge on any atom is 0.407 e. The number of nitrogens with one attached hydrogen (secondary N) is 1. The lowest BCUT2D eigenvalue weighted by atomic mass is 9.74. The Labute approximate surface area is 157 Å². The molecule has 1 fully saturated rings. The van der Waals surface area contributed by atoms with E-state index in [1.165, 1.54) is 0 Å². The number of hydrogen-bond acceptors (Lipinski definition) is 3. The molecule has 1 aliphatic heterocycles. The fourth-order valence-electron chi connectivity index (χ4n) is 3.07. The van der Waals surface area contributed by atoms with Crippen molar-refractivity contribution in [1.29, 1.82) is 0 Å². The molecular formula is C20H32ClNO3. The third-order valence-corrected chi connectivity index (χ3v) is 4.74. The van der Waals surface area contributed by atoms with Crippen LogP contribution in [0.4, 0.5) is 4.79 Å². The van der Waals surface area contributed by atoms with Gasteiger partial charge in [0.25, 0.3) is 0 Å². The summed E-state index contributed by atoms with van der Waals surface area (Å²) in [6.45, 7) is 17.1. The number of carbonyl (C=O) groups is 1. The molecule has 1 aromatic rings. The number of benzene rings is 1. The van der Waals surface area contributed by atoms with Gasteiger partial charge in [-0.3, -0.25) is 0 Å². The Balaban J connectivity index is 0.00000312. The Bertz CT molecular complexity index is 654. The number of halogens is 1. The summed E-state index contributed by atoms with van der Waals surface area (Å²) in [5.74, 6) is 0.274. The van der Waals surface area contributed by atoms with Crippen molar-refractivity contribution in [1.82, 2.24) is 5.32 Å². The summed E-state index contributed by atoms with van der Waals surface area (Å²) in [7, 11) is 0. The third-order valence-electron chi connectivity index (χ3n) is 4.74. The van der Waals surface area contributed by atoms with E-state index >= 15 is 0 Å². The molecule has 4 nitrogen and oxygen atoms in total. The predicted molar refractivity (Wildman–Crippen MR) is 104 cm³/mol. The third kappa shape index (κ3) is 4.41. The van der Waals surface area contributed by atoms with Crippen LogP contribution in [0.1, 0.15) is 78.1 Å².